The highest BCUT2D eigenvalue weighted by atomic mass is 35.5. The van der Waals surface area contributed by atoms with Crippen LogP contribution in [-0.4, -0.2) is 11.8 Å². The van der Waals surface area contributed by atoms with E-state index in [1.54, 1.807) is 35.6 Å². The van der Waals surface area contributed by atoms with Crippen molar-refractivity contribution in [3.63, 3.8) is 0 Å². The maximum Gasteiger partial charge on any atom is 0.253 e. The van der Waals surface area contributed by atoms with Gasteiger partial charge in [0, 0.05) is 4.88 Å². The van der Waals surface area contributed by atoms with E-state index in [1.807, 2.05) is 78.2 Å². The number of nitrogens with one attached hydrogen (secondary N) is 2. The molecule has 0 aliphatic carbocycles. The second kappa shape index (κ2) is 10.9. The van der Waals surface area contributed by atoms with E-state index in [9.17, 15) is 9.59 Å². The van der Waals surface area contributed by atoms with Gasteiger partial charge in [-0.1, -0.05) is 90.5 Å². The molecule has 3 aromatic carbocycles. The first-order valence-electron chi connectivity index (χ1n) is 10.6. The van der Waals surface area contributed by atoms with Crippen LogP contribution in [0.15, 0.2) is 102 Å². The lowest BCUT2D eigenvalue weighted by atomic mass is 10.0. The highest BCUT2D eigenvalue weighted by Crippen LogP contribution is 2.27. The van der Waals surface area contributed by atoms with Gasteiger partial charge in [-0.15, -0.1) is 11.3 Å². The van der Waals surface area contributed by atoms with E-state index < -0.39 is 6.04 Å². The third-order valence-corrected chi connectivity index (χ3v) is 6.55. The van der Waals surface area contributed by atoms with Gasteiger partial charge in [-0.05, 0) is 34.7 Å². The van der Waals surface area contributed by atoms with E-state index in [1.165, 1.54) is 0 Å². The van der Waals surface area contributed by atoms with Crippen LogP contribution in [0.2, 0.25) is 5.02 Å². The highest BCUT2D eigenvalue weighted by Gasteiger charge is 2.23. The molecule has 6 heteroatoms. The van der Waals surface area contributed by atoms with Gasteiger partial charge in [0.05, 0.1) is 29.1 Å². The monoisotopic (exact) mass is 474 g/mol. The van der Waals surface area contributed by atoms with Crippen molar-refractivity contribution in [2.24, 2.45) is 0 Å². The molecule has 0 fully saturated rings. The molecule has 1 heterocycles. The van der Waals surface area contributed by atoms with Crippen LogP contribution in [-0.2, 0) is 4.79 Å². The van der Waals surface area contributed by atoms with Crippen LogP contribution in [0.1, 0.15) is 44.9 Å². The minimum absolute atomic E-state index is 0.0922. The summed E-state index contributed by atoms with van der Waals surface area (Å²) in [5, 5.41) is 8.50. The average Bonchev–Trinajstić information content (AvgIpc) is 3.38. The fourth-order valence-electron chi connectivity index (χ4n) is 3.64. The lowest BCUT2D eigenvalue weighted by Crippen LogP contribution is -2.35. The summed E-state index contributed by atoms with van der Waals surface area (Å²) in [4.78, 5) is 27.2. The van der Waals surface area contributed by atoms with Gasteiger partial charge in [-0.3, -0.25) is 9.59 Å². The molecule has 0 bridgehead atoms. The van der Waals surface area contributed by atoms with Crippen LogP contribution < -0.4 is 10.6 Å². The number of halogens is 1. The molecule has 2 unspecified atom stereocenters. The summed E-state index contributed by atoms with van der Waals surface area (Å²) in [7, 11) is 0. The second-order valence-electron chi connectivity index (χ2n) is 7.55. The Hall–Kier alpha value is -3.41. The molecule has 0 spiro atoms. The molecule has 0 saturated carbocycles. The van der Waals surface area contributed by atoms with Gasteiger partial charge >= 0.3 is 0 Å². The molecule has 0 radical (unpaired) electrons. The normalized spacial score (nSPS) is 12.5. The van der Waals surface area contributed by atoms with E-state index in [4.69, 9.17) is 11.6 Å². The van der Waals surface area contributed by atoms with Crippen molar-refractivity contribution in [2.45, 2.75) is 18.5 Å². The first-order chi connectivity index (χ1) is 16.1. The highest BCUT2D eigenvalue weighted by molar-refractivity contribution is 7.10. The van der Waals surface area contributed by atoms with Crippen LogP contribution in [0.25, 0.3) is 0 Å². The molecular formula is C27H23ClN2O2S. The number of carbonyl (C=O) groups is 2. The molecule has 2 atom stereocenters. The zero-order chi connectivity index (χ0) is 23.0. The van der Waals surface area contributed by atoms with Crippen molar-refractivity contribution in [1.82, 2.24) is 10.6 Å². The third kappa shape index (κ3) is 5.89. The number of thiophene rings is 1. The van der Waals surface area contributed by atoms with Gasteiger partial charge in [0.15, 0.2) is 0 Å². The third-order valence-electron chi connectivity index (χ3n) is 5.28. The fourth-order valence-corrected chi connectivity index (χ4v) is 4.67. The van der Waals surface area contributed by atoms with Crippen molar-refractivity contribution < 1.29 is 9.59 Å². The zero-order valence-corrected chi connectivity index (χ0v) is 19.4. The molecule has 0 aliphatic heterocycles. The van der Waals surface area contributed by atoms with Gasteiger partial charge in [-0.2, -0.15) is 0 Å². The quantitative estimate of drug-likeness (QED) is 0.321. The molecule has 0 saturated heterocycles. The Bertz CT molecular complexity index is 1200. The van der Waals surface area contributed by atoms with Crippen LogP contribution in [0.5, 0.6) is 0 Å². The van der Waals surface area contributed by atoms with Crippen molar-refractivity contribution in [3.05, 3.63) is 129 Å². The standard InChI is InChI=1S/C27H23ClN2O2S/c28-22-15-8-7-14-21(22)27(32)29-23(19-10-3-1-4-11-19)18-25(31)30-26(24-16-9-17-33-24)20-12-5-2-6-13-20/h1-17,23,26H,18H2,(H,29,32)(H,30,31). The first kappa shape index (κ1) is 22.8. The van der Waals surface area contributed by atoms with Crippen LogP contribution in [0.3, 0.4) is 0 Å². The van der Waals surface area contributed by atoms with Crippen molar-refractivity contribution in [1.29, 1.82) is 0 Å². The molecule has 2 N–H and O–H groups in total. The molecule has 4 rings (SSSR count). The molecule has 1 aromatic heterocycles. The molecule has 166 valence electrons. The Kier molecular flexibility index (Phi) is 7.55. The number of hydrogen-bond acceptors (Lipinski definition) is 3. The van der Waals surface area contributed by atoms with Crippen molar-refractivity contribution in [2.75, 3.05) is 0 Å². The zero-order valence-electron chi connectivity index (χ0n) is 17.8. The van der Waals surface area contributed by atoms with Gasteiger partial charge in [0.2, 0.25) is 5.91 Å². The van der Waals surface area contributed by atoms with E-state index in [-0.39, 0.29) is 24.3 Å². The summed E-state index contributed by atoms with van der Waals surface area (Å²) < 4.78 is 0. The Labute approximate surface area is 202 Å². The van der Waals surface area contributed by atoms with E-state index >= 15 is 0 Å². The minimum atomic E-state index is -0.505. The number of benzene rings is 3. The smallest absolute Gasteiger partial charge is 0.253 e. The predicted octanol–water partition coefficient (Wildman–Crippen LogP) is 6.17. The number of rotatable bonds is 8. The van der Waals surface area contributed by atoms with Crippen LogP contribution in [0.4, 0.5) is 0 Å². The van der Waals surface area contributed by atoms with Crippen LogP contribution >= 0.6 is 22.9 Å². The Balaban J connectivity index is 1.55. The Morgan fingerprint density at radius 1 is 0.758 bits per heavy atom. The molecule has 33 heavy (non-hydrogen) atoms. The molecule has 0 aliphatic rings. The summed E-state index contributed by atoms with van der Waals surface area (Å²) in [6.45, 7) is 0. The van der Waals surface area contributed by atoms with Gasteiger partial charge in [0.25, 0.3) is 5.91 Å². The summed E-state index contributed by atoms with van der Waals surface area (Å²) in [5.41, 5.74) is 2.23. The largest absolute Gasteiger partial charge is 0.345 e. The lowest BCUT2D eigenvalue weighted by molar-refractivity contribution is -0.122. The number of carbonyl (C=O) groups excluding carboxylic acids is 2. The SMILES string of the molecule is O=C(CC(NC(=O)c1ccccc1Cl)c1ccccc1)NC(c1ccccc1)c1cccs1. The molecule has 4 nitrogen and oxygen atoms in total. The second-order valence-corrected chi connectivity index (χ2v) is 8.93. The maximum absolute atomic E-state index is 13.2. The van der Waals surface area contributed by atoms with E-state index in [0.717, 1.165) is 16.0 Å². The van der Waals surface area contributed by atoms with Crippen molar-refractivity contribution in [3.8, 4) is 0 Å². The molecule has 4 aromatic rings. The summed E-state index contributed by atoms with van der Waals surface area (Å²) in [6, 6.07) is 29.4. The minimum Gasteiger partial charge on any atom is -0.345 e. The Morgan fingerprint density at radius 2 is 1.39 bits per heavy atom. The average molecular weight is 475 g/mol. The summed E-state index contributed by atoms with van der Waals surface area (Å²) >= 11 is 7.80. The number of amides is 2. The van der Waals surface area contributed by atoms with E-state index in [0.29, 0.717) is 10.6 Å². The topological polar surface area (TPSA) is 58.2 Å². The maximum atomic E-state index is 13.2. The lowest BCUT2D eigenvalue weighted by Gasteiger charge is -2.22. The van der Waals surface area contributed by atoms with Crippen molar-refractivity contribution >= 4 is 34.8 Å². The van der Waals surface area contributed by atoms with Gasteiger partial charge in [0.1, 0.15) is 0 Å². The predicted molar refractivity (Wildman–Crippen MR) is 133 cm³/mol. The first-order valence-corrected chi connectivity index (χ1v) is 11.9. The van der Waals surface area contributed by atoms with Gasteiger partial charge < -0.3 is 10.6 Å². The summed E-state index contributed by atoms with van der Waals surface area (Å²) in [6.07, 6.45) is 0.0922. The molecular weight excluding hydrogens is 452 g/mol. The number of hydrogen-bond donors (Lipinski definition) is 2. The summed E-state index contributed by atoms with van der Waals surface area (Å²) in [5.74, 6) is -0.481. The van der Waals surface area contributed by atoms with Gasteiger partial charge in [-0.25, -0.2) is 0 Å². The van der Waals surface area contributed by atoms with Crippen LogP contribution in [0, 0.1) is 0 Å². The van der Waals surface area contributed by atoms with E-state index in [2.05, 4.69) is 10.6 Å². The Morgan fingerprint density at radius 3 is 2.03 bits per heavy atom. The molecule has 2 amide bonds. The fraction of sp³-hybridized carbons (Fsp3) is 0.111.